The minimum Gasteiger partial charge on any atom is -0.374 e. The summed E-state index contributed by atoms with van der Waals surface area (Å²) in [5.74, 6) is 0.794. The predicted octanol–water partition coefficient (Wildman–Crippen LogP) is -0.376. The normalized spacial score (nSPS) is 23.5. The zero-order valence-electron chi connectivity index (χ0n) is 15.3. The molecule has 1 N–H and O–H groups in total. The molecule has 0 aromatic heterocycles. The lowest BCUT2D eigenvalue weighted by Crippen LogP contribution is -2.52. The summed E-state index contributed by atoms with van der Waals surface area (Å²) in [6.07, 6.45) is 0.0796. The molecule has 0 aromatic carbocycles. The fourth-order valence-electron chi connectivity index (χ4n) is 3.29. The van der Waals surface area contributed by atoms with E-state index in [1.54, 1.807) is 6.92 Å². The van der Waals surface area contributed by atoms with Crippen molar-refractivity contribution in [2.45, 2.75) is 26.9 Å². The second kappa shape index (κ2) is 9.34. The molecule has 24 heavy (non-hydrogen) atoms. The van der Waals surface area contributed by atoms with Gasteiger partial charge >= 0.3 is 0 Å². The van der Waals surface area contributed by atoms with Crippen molar-refractivity contribution in [2.75, 3.05) is 65.5 Å². The molecule has 2 amide bonds. The number of nitrogens with zero attached hydrogens (tertiary/aromatic N) is 3. The highest BCUT2D eigenvalue weighted by Gasteiger charge is 2.23. The Balaban J connectivity index is 1.63. The molecular formula is C17H32N4O3. The van der Waals surface area contributed by atoms with E-state index >= 15 is 0 Å². The molecule has 138 valence electrons. The zero-order chi connectivity index (χ0) is 17.5. The lowest BCUT2D eigenvalue weighted by molar-refractivity contribution is -0.131. The van der Waals surface area contributed by atoms with E-state index in [9.17, 15) is 9.59 Å². The fraction of sp³-hybridized carbons (Fsp3) is 0.882. The van der Waals surface area contributed by atoms with Crippen LogP contribution in [0.2, 0.25) is 0 Å². The van der Waals surface area contributed by atoms with Gasteiger partial charge in [-0.3, -0.25) is 19.4 Å². The summed E-state index contributed by atoms with van der Waals surface area (Å²) in [6.45, 7) is 13.6. The SMILES string of the molecule is CC(=O)N1CCN(CC(=O)NCC2CN(CC(C)C)CCO2)CC1. The van der Waals surface area contributed by atoms with Gasteiger partial charge in [0.2, 0.25) is 11.8 Å². The standard InChI is InChI=1S/C17H32N4O3/c1-14(2)11-20-8-9-24-16(12-20)10-18-17(23)13-19-4-6-21(7-5-19)15(3)22/h14,16H,4-13H2,1-3H3,(H,18,23). The number of carbonyl (C=O) groups is 2. The third-order valence-corrected chi connectivity index (χ3v) is 4.56. The van der Waals surface area contributed by atoms with Crippen molar-refractivity contribution >= 4 is 11.8 Å². The van der Waals surface area contributed by atoms with Gasteiger partial charge in [-0.1, -0.05) is 13.8 Å². The van der Waals surface area contributed by atoms with Gasteiger partial charge in [0.1, 0.15) is 0 Å². The molecule has 1 unspecified atom stereocenters. The minimum absolute atomic E-state index is 0.0378. The summed E-state index contributed by atoms with van der Waals surface area (Å²) in [5, 5.41) is 2.99. The van der Waals surface area contributed by atoms with E-state index in [0.29, 0.717) is 32.1 Å². The van der Waals surface area contributed by atoms with Gasteiger partial charge in [0.15, 0.2) is 0 Å². The summed E-state index contributed by atoms with van der Waals surface area (Å²) in [7, 11) is 0. The maximum absolute atomic E-state index is 12.1. The Morgan fingerprint density at radius 1 is 1.12 bits per heavy atom. The van der Waals surface area contributed by atoms with E-state index in [2.05, 4.69) is 29.0 Å². The number of morpholine rings is 1. The molecule has 0 saturated carbocycles. The van der Waals surface area contributed by atoms with Crippen LogP contribution in [0.5, 0.6) is 0 Å². The van der Waals surface area contributed by atoms with Gasteiger partial charge in [-0.25, -0.2) is 0 Å². The highest BCUT2D eigenvalue weighted by molar-refractivity contribution is 5.78. The van der Waals surface area contributed by atoms with Crippen molar-refractivity contribution in [1.82, 2.24) is 20.0 Å². The lowest BCUT2D eigenvalue weighted by atomic mass is 10.2. The summed E-state index contributed by atoms with van der Waals surface area (Å²) in [5.41, 5.74) is 0. The maximum atomic E-state index is 12.1. The van der Waals surface area contributed by atoms with E-state index in [4.69, 9.17) is 4.74 Å². The summed E-state index contributed by atoms with van der Waals surface area (Å²) in [4.78, 5) is 29.8. The molecule has 7 nitrogen and oxygen atoms in total. The first-order valence-corrected chi connectivity index (χ1v) is 9.02. The van der Waals surface area contributed by atoms with Crippen molar-refractivity contribution in [3.63, 3.8) is 0 Å². The maximum Gasteiger partial charge on any atom is 0.234 e. The number of ether oxygens (including phenoxy) is 1. The molecule has 0 aliphatic carbocycles. The third kappa shape index (κ3) is 6.37. The Labute approximate surface area is 145 Å². The Kier molecular flexibility index (Phi) is 7.45. The average molecular weight is 340 g/mol. The largest absolute Gasteiger partial charge is 0.374 e. The Hall–Kier alpha value is -1.18. The van der Waals surface area contributed by atoms with Crippen LogP contribution >= 0.6 is 0 Å². The number of carbonyl (C=O) groups excluding carboxylic acids is 2. The molecule has 2 aliphatic heterocycles. The first-order chi connectivity index (χ1) is 11.4. The van der Waals surface area contributed by atoms with Crippen LogP contribution in [0.4, 0.5) is 0 Å². The first kappa shape index (κ1) is 19.1. The van der Waals surface area contributed by atoms with Crippen molar-refractivity contribution < 1.29 is 14.3 Å². The van der Waals surface area contributed by atoms with Gasteiger partial charge in [-0.05, 0) is 5.92 Å². The molecule has 2 rings (SSSR count). The Morgan fingerprint density at radius 3 is 2.46 bits per heavy atom. The molecule has 0 bridgehead atoms. The van der Waals surface area contributed by atoms with E-state index in [1.807, 2.05) is 4.90 Å². The highest BCUT2D eigenvalue weighted by atomic mass is 16.5. The molecule has 0 spiro atoms. The smallest absolute Gasteiger partial charge is 0.234 e. The summed E-state index contributed by atoms with van der Waals surface area (Å²) in [6, 6.07) is 0. The van der Waals surface area contributed by atoms with Crippen LogP contribution in [0, 0.1) is 5.92 Å². The van der Waals surface area contributed by atoms with Gasteiger partial charge in [0, 0.05) is 59.3 Å². The van der Waals surface area contributed by atoms with Crippen LogP contribution in [0.1, 0.15) is 20.8 Å². The number of rotatable bonds is 6. The first-order valence-electron chi connectivity index (χ1n) is 9.02. The number of hydrogen-bond donors (Lipinski definition) is 1. The van der Waals surface area contributed by atoms with Crippen LogP contribution in [-0.2, 0) is 14.3 Å². The van der Waals surface area contributed by atoms with Crippen molar-refractivity contribution in [3.05, 3.63) is 0 Å². The van der Waals surface area contributed by atoms with E-state index in [0.717, 1.165) is 39.3 Å². The molecule has 0 aromatic rings. The Morgan fingerprint density at radius 2 is 1.83 bits per heavy atom. The summed E-state index contributed by atoms with van der Waals surface area (Å²) >= 11 is 0. The van der Waals surface area contributed by atoms with Gasteiger partial charge in [-0.2, -0.15) is 0 Å². The van der Waals surface area contributed by atoms with Gasteiger partial charge in [0.05, 0.1) is 19.3 Å². The molecule has 2 aliphatic rings. The lowest BCUT2D eigenvalue weighted by Gasteiger charge is -2.35. The number of hydrogen-bond acceptors (Lipinski definition) is 5. The second-order valence-corrected chi connectivity index (χ2v) is 7.23. The quantitative estimate of drug-likeness (QED) is 0.714. The number of nitrogens with one attached hydrogen (secondary N) is 1. The van der Waals surface area contributed by atoms with Crippen molar-refractivity contribution in [1.29, 1.82) is 0 Å². The van der Waals surface area contributed by atoms with Crippen LogP contribution in [0.3, 0.4) is 0 Å². The molecule has 2 heterocycles. The second-order valence-electron chi connectivity index (χ2n) is 7.23. The molecule has 1 atom stereocenters. The van der Waals surface area contributed by atoms with Crippen LogP contribution in [0.15, 0.2) is 0 Å². The zero-order valence-corrected chi connectivity index (χ0v) is 15.3. The number of piperazine rings is 1. The van der Waals surface area contributed by atoms with Crippen molar-refractivity contribution in [3.8, 4) is 0 Å². The molecule has 7 heteroatoms. The molecular weight excluding hydrogens is 308 g/mol. The topological polar surface area (TPSA) is 65.1 Å². The van der Waals surface area contributed by atoms with Crippen molar-refractivity contribution in [2.24, 2.45) is 5.92 Å². The minimum atomic E-state index is 0.0378. The monoisotopic (exact) mass is 340 g/mol. The van der Waals surface area contributed by atoms with Gasteiger partial charge in [-0.15, -0.1) is 0 Å². The molecule has 2 fully saturated rings. The van der Waals surface area contributed by atoms with Crippen LogP contribution < -0.4 is 5.32 Å². The average Bonchev–Trinajstić information content (AvgIpc) is 2.53. The third-order valence-electron chi connectivity index (χ3n) is 4.56. The van der Waals surface area contributed by atoms with Gasteiger partial charge < -0.3 is 15.0 Å². The van der Waals surface area contributed by atoms with Crippen LogP contribution in [-0.4, -0.2) is 98.1 Å². The predicted molar refractivity (Wildman–Crippen MR) is 92.7 cm³/mol. The number of amides is 2. The molecule has 0 radical (unpaired) electrons. The summed E-state index contributed by atoms with van der Waals surface area (Å²) < 4.78 is 5.76. The van der Waals surface area contributed by atoms with E-state index in [1.165, 1.54) is 0 Å². The van der Waals surface area contributed by atoms with E-state index < -0.39 is 0 Å². The Bertz CT molecular complexity index is 422. The van der Waals surface area contributed by atoms with E-state index in [-0.39, 0.29) is 17.9 Å². The highest BCUT2D eigenvalue weighted by Crippen LogP contribution is 2.07. The van der Waals surface area contributed by atoms with Gasteiger partial charge in [0.25, 0.3) is 0 Å². The van der Waals surface area contributed by atoms with Crippen LogP contribution in [0.25, 0.3) is 0 Å². The molecule has 2 saturated heterocycles. The fourth-order valence-corrected chi connectivity index (χ4v) is 3.29.